The second-order valence-corrected chi connectivity index (χ2v) is 6.98. The van der Waals surface area contributed by atoms with E-state index in [9.17, 15) is 8.42 Å². The van der Waals surface area contributed by atoms with Crippen molar-refractivity contribution in [3.8, 4) is 5.75 Å². The molecule has 4 nitrogen and oxygen atoms in total. The van der Waals surface area contributed by atoms with Gasteiger partial charge in [-0.15, -0.1) is 0 Å². The van der Waals surface area contributed by atoms with E-state index in [1.807, 2.05) is 37.3 Å². The van der Waals surface area contributed by atoms with Crippen LogP contribution in [0.1, 0.15) is 12.5 Å². The first-order valence-corrected chi connectivity index (χ1v) is 9.00. The number of benzene rings is 2. The van der Waals surface area contributed by atoms with Gasteiger partial charge in [0.1, 0.15) is 5.75 Å². The zero-order chi connectivity index (χ0) is 16.0. The Kier molecular flexibility index (Phi) is 5.69. The molecule has 0 saturated carbocycles. The Morgan fingerprint density at radius 1 is 1.14 bits per heavy atom. The van der Waals surface area contributed by atoms with E-state index in [1.54, 1.807) is 18.2 Å². The molecule has 0 aromatic heterocycles. The minimum absolute atomic E-state index is 0.0157. The molecule has 2 aromatic carbocycles. The molecule has 2 rings (SSSR count). The molecule has 0 aliphatic rings. The molecule has 22 heavy (non-hydrogen) atoms. The maximum atomic E-state index is 12.1. The smallest absolute Gasteiger partial charge is 0.233 e. The van der Waals surface area contributed by atoms with Gasteiger partial charge >= 0.3 is 0 Å². The minimum atomic E-state index is -3.42. The van der Waals surface area contributed by atoms with Crippen molar-refractivity contribution in [2.24, 2.45) is 0 Å². The lowest BCUT2D eigenvalue weighted by Gasteiger charge is -2.10. The van der Waals surface area contributed by atoms with E-state index in [1.165, 1.54) is 0 Å². The Morgan fingerprint density at radius 3 is 2.50 bits per heavy atom. The van der Waals surface area contributed by atoms with E-state index in [4.69, 9.17) is 16.3 Å². The number of hydrogen-bond donors (Lipinski definition) is 1. The summed E-state index contributed by atoms with van der Waals surface area (Å²) in [5.74, 6) is 0.554. The van der Waals surface area contributed by atoms with Crippen LogP contribution in [0.15, 0.2) is 48.5 Å². The highest BCUT2D eigenvalue weighted by Gasteiger charge is 2.12. The van der Waals surface area contributed by atoms with Gasteiger partial charge in [0.2, 0.25) is 10.0 Å². The summed E-state index contributed by atoms with van der Waals surface area (Å²) in [5.41, 5.74) is 1.42. The van der Waals surface area contributed by atoms with Gasteiger partial charge in [0, 0.05) is 0 Å². The highest BCUT2D eigenvalue weighted by Crippen LogP contribution is 2.28. The van der Waals surface area contributed by atoms with Crippen LogP contribution in [0.3, 0.4) is 0 Å². The Hall–Kier alpha value is -1.72. The van der Waals surface area contributed by atoms with Gasteiger partial charge in [-0.2, -0.15) is 0 Å². The summed E-state index contributed by atoms with van der Waals surface area (Å²) in [6, 6.07) is 14.3. The van der Waals surface area contributed by atoms with E-state index < -0.39 is 10.0 Å². The van der Waals surface area contributed by atoms with Crippen LogP contribution in [-0.4, -0.2) is 20.8 Å². The van der Waals surface area contributed by atoms with Crippen molar-refractivity contribution < 1.29 is 13.2 Å². The van der Waals surface area contributed by atoms with Crippen molar-refractivity contribution in [1.82, 2.24) is 0 Å². The van der Waals surface area contributed by atoms with Gasteiger partial charge in [0.25, 0.3) is 0 Å². The third kappa shape index (κ3) is 4.93. The average Bonchev–Trinajstić information content (AvgIpc) is 2.49. The zero-order valence-corrected chi connectivity index (χ0v) is 13.8. The van der Waals surface area contributed by atoms with E-state index in [0.717, 1.165) is 5.56 Å². The summed E-state index contributed by atoms with van der Waals surface area (Å²) < 4.78 is 32.1. The molecular formula is C16H18ClNO3S. The van der Waals surface area contributed by atoms with Gasteiger partial charge < -0.3 is 4.74 Å². The van der Waals surface area contributed by atoms with Gasteiger partial charge in [-0.05, 0) is 37.1 Å². The fourth-order valence-corrected chi connectivity index (χ4v) is 3.29. The number of halogens is 1. The second-order valence-electron chi connectivity index (χ2n) is 4.73. The third-order valence-electron chi connectivity index (χ3n) is 3.01. The predicted octanol–water partition coefficient (Wildman–Crippen LogP) is 3.72. The van der Waals surface area contributed by atoms with Gasteiger partial charge in [-0.25, -0.2) is 8.42 Å². The Balaban J connectivity index is 2.01. The lowest BCUT2D eigenvalue weighted by Crippen LogP contribution is -2.18. The topological polar surface area (TPSA) is 55.4 Å². The molecule has 0 heterocycles. The van der Waals surface area contributed by atoms with Crippen LogP contribution >= 0.6 is 11.6 Å². The summed E-state index contributed by atoms with van der Waals surface area (Å²) in [6.45, 7) is 2.36. The number of sulfonamides is 1. The van der Waals surface area contributed by atoms with Crippen molar-refractivity contribution in [2.75, 3.05) is 17.1 Å². The van der Waals surface area contributed by atoms with E-state index >= 15 is 0 Å². The van der Waals surface area contributed by atoms with Crippen LogP contribution in [0.2, 0.25) is 5.02 Å². The second kappa shape index (κ2) is 7.51. The van der Waals surface area contributed by atoms with Crippen LogP contribution in [0.5, 0.6) is 5.75 Å². The molecule has 0 radical (unpaired) electrons. The van der Waals surface area contributed by atoms with E-state index in [2.05, 4.69) is 4.72 Å². The monoisotopic (exact) mass is 339 g/mol. The van der Waals surface area contributed by atoms with Crippen molar-refractivity contribution in [1.29, 1.82) is 0 Å². The molecule has 2 aromatic rings. The number of rotatable bonds is 7. The Morgan fingerprint density at radius 2 is 1.86 bits per heavy atom. The summed E-state index contributed by atoms with van der Waals surface area (Å²) in [4.78, 5) is 0. The molecule has 0 aliphatic heterocycles. The van der Waals surface area contributed by atoms with Gasteiger partial charge in [0.15, 0.2) is 0 Å². The predicted molar refractivity (Wildman–Crippen MR) is 90.2 cm³/mol. The van der Waals surface area contributed by atoms with Crippen LogP contribution in [0.25, 0.3) is 0 Å². The number of hydrogen-bond acceptors (Lipinski definition) is 3. The quantitative estimate of drug-likeness (QED) is 0.836. The standard InChI is InChI=1S/C16H18ClNO3S/c1-2-21-16-9-8-14(12-15(16)17)18-22(19,20)11-10-13-6-4-3-5-7-13/h3-9,12,18H,2,10-11H2,1H3. The Labute approximate surface area is 136 Å². The van der Waals surface area contributed by atoms with Gasteiger partial charge in [0.05, 0.1) is 23.1 Å². The first-order valence-electron chi connectivity index (χ1n) is 6.97. The fourth-order valence-electron chi connectivity index (χ4n) is 1.96. The van der Waals surface area contributed by atoms with E-state index in [0.29, 0.717) is 29.5 Å². The van der Waals surface area contributed by atoms with Crippen LogP contribution in [0, 0.1) is 0 Å². The van der Waals surface area contributed by atoms with Crippen molar-refractivity contribution in [3.63, 3.8) is 0 Å². The highest BCUT2D eigenvalue weighted by atomic mass is 35.5. The average molecular weight is 340 g/mol. The largest absolute Gasteiger partial charge is 0.492 e. The number of nitrogens with one attached hydrogen (secondary N) is 1. The maximum absolute atomic E-state index is 12.1. The van der Waals surface area contributed by atoms with Gasteiger partial charge in [-0.1, -0.05) is 41.9 Å². The first-order chi connectivity index (χ1) is 10.5. The molecule has 0 bridgehead atoms. The number of aryl methyl sites for hydroxylation is 1. The molecule has 0 unspecified atom stereocenters. The van der Waals surface area contributed by atoms with Crippen molar-refractivity contribution in [3.05, 3.63) is 59.1 Å². The molecule has 118 valence electrons. The summed E-state index contributed by atoms with van der Waals surface area (Å²) >= 11 is 6.05. The van der Waals surface area contributed by atoms with Crippen molar-refractivity contribution >= 4 is 27.3 Å². The normalized spacial score (nSPS) is 11.2. The van der Waals surface area contributed by atoms with Crippen molar-refractivity contribution in [2.45, 2.75) is 13.3 Å². The molecule has 0 atom stereocenters. The molecule has 0 amide bonds. The Bertz CT molecular complexity index is 717. The summed E-state index contributed by atoms with van der Waals surface area (Å²) in [5, 5.41) is 0.380. The maximum Gasteiger partial charge on any atom is 0.233 e. The first kappa shape index (κ1) is 16.6. The number of anilines is 1. The molecule has 0 saturated heterocycles. The van der Waals surface area contributed by atoms with E-state index in [-0.39, 0.29) is 5.75 Å². The summed E-state index contributed by atoms with van der Waals surface area (Å²) in [6.07, 6.45) is 0.459. The number of ether oxygens (including phenoxy) is 1. The van der Waals surface area contributed by atoms with Gasteiger partial charge in [-0.3, -0.25) is 4.72 Å². The summed E-state index contributed by atoms with van der Waals surface area (Å²) in [7, 11) is -3.42. The lowest BCUT2D eigenvalue weighted by molar-refractivity contribution is 0.340. The highest BCUT2D eigenvalue weighted by molar-refractivity contribution is 7.92. The van der Waals surface area contributed by atoms with Crippen LogP contribution < -0.4 is 9.46 Å². The SMILES string of the molecule is CCOc1ccc(NS(=O)(=O)CCc2ccccc2)cc1Cl. The fraction of sp³-hybridized carbons (Fsp3) is 0.250. The zero-order valence-electron chi connectivity index (χ0n) is 12.3. The molecule has 0 aliphatic carbocycles. The van der Waals surface area contributed by atoms with Crippen LogP contribution in [-0.2, 0) is 16.4 Å². The molecular weight excluding hydrogens is 322 g/mol. The third-order valence-corrected chi connectivity index (χ3v) is 4.59. The molecule has 1 N–H and O–H groups in total. The lowest BCUT2D eigenvalue weighted by atomic mass is 10.2. The van der Waals surface area contributed by atoms with Crippen LogP contribution in [0.4, 0.5) is 5.69 Å². The minimum Gasteiger partial charge on any atom is -0.492 e. The molecule has 0 spiro atoms. The molecule has 6 heteroatoms. The molecule has 0 fully saturated rings.